The number of carbonyl (C=O) groups is 3. The molecule has 4 aromatic carbocycles. The number of imide groups is 1. The molecule has 7 rings (SSSR count). The Labute approximate surface area is 271 Å². The van der Waals surface area contributed by atoms with Gasteiger partial charge in [-0.25, -0.2) is 4.90 Å². The molecule has 3 heterocycles. The Bertz CT molecular complexity index is 2050. The van der Waals surface area contributed by atoms with Crippen molar-refractivity contribution in [2.24, 2.45) is 5.92 Å². The highest BCUT2D eigenvalue weighted by atomic mass is 32.2. The highest BCUT2D eigenvalue weighted by Gasteiger charge is 2.56. The summed E-state index contributed by atoms with van der Waals surface area (Å²) in [5.41, 5.74) is 1.80. The van der Waals surface area contributed by atoms with Crippen LogP contribution in [0.4, 0.5) is 11.4 Å². The van der Waals surface area contributed by atoms with Gasteiger partial charge in [-0.2, -0.15) is 0 Å². The molecular formula is C34H27N3O7S2. The number of fused-ring (bicyclic) bond motifs is 3. The molecule has 232 valence electrons. The van der Waals surface area contributed by atoms with Gasteiger partial charge in [0.25, 0.3) is 5.91 Å². The van der Waals surface area contributed by atoms with E-state index in [0.29, 0.717) is 44.1 Å². The highest BCUT2D eigenvalue weighted by molar-refractivity contribution is 8.00. The number of anilines is 2. The molecule has 5 aromatic rings. The lowest BCUT2D eigenvalue weighted by Gasteiger charge is -2.30. The molecular weight excluding hydrogens is 627 g/mol. The van der Waals surface area contributed by atoms with E-state index in [4.69, 9.17) is 14.2 Å². The van der Waals surface area contributed by atoms with Crippen LogP contribution in [0.25, 0.3) is 10.8 Å². The minimum atomic E-state index is -0.763. The lowest BCUT2D eigenvalue weighted by molar-refractivity contribution is -0.122. The lowest BCUT2D eigenvalue weighted by Crippen LogP contribution is -2.32. The molecule has 3 amide bonds. The maximum absolute atomic E-state index is 14.0. The van der Waals surface area contributed by atoms with Gasteiger partial charge in [-0.3, -0.25) is 19.2 Å². The number of rotatable bonds is 8. The molecule has 0 bridgehead atoms. The van der Waals surface area contributed by atoms with Crippen LogP contribution in [0.1, 0.15) is 16.4 Å². The predicted octanol–water partition coefficient (Wildman–Crippen LogP) is 5.42. The fourth-order valence-electron chi connectivity index (χ4n) is 6.02. The Morgan fingerprint density at radius 3 is 2.46 bits per heavy atom. The van der Waals surface area contributed by atoms with Crippen molar-refractivity contribution in [1.82, 2.24) is 4.98 Å². The molecule has 3 unspecified atom stereocenters. The summed E-state index contributed by atoms with van der Waals surface area (Å²) < 4.78 is 16.8. The quantitative estimate of drug-likeness (QED) is 0.213. The molecule has 0 aliphatic carbocycles. The SMILES string of the molecule is COc1ccc(N2C(=O)C3Sc4[nH]c(=O)sc4C(c4ccc(OCC(=O)Nc5cccc6ccccc56)c(OC)c4)C3C2=O)cc1. The van der Waals surface area contributed by atoms with Gasteiger partial charge in [0.1, 0.15) is 11.0 Å². The molecule has 0 saturated carbocycles. The normalized spacial score (nSPS) is 18.7. The van der Waals surface area contributed by atoms with Gasteiger partial charge >= 0.3 is 4.87 Å². The van der Waals surface area contributed by atoms with Gasteiger partial charge in [-0.1, -0.05) is 65.6 Å². The number of hydrogen-bond acceptors (Lipinski definition) is 9. The van der Waals surface area contributed by atoms with Crippen LogP contribution in [-0.2, 0) is 14.4 Å². The second-order valence-corrected chi connectivity index (χ2v) is 12.9. The van der Waals surface area contributed by atoms with Gasteiger partial charge in [0.2, 0.25) is 11.8 Å². The molecule has 0 spiro atoms. The first-order valence-corrected chi connectivity index (χ1v) is 16.1. The Kier molecular flexibility index (Phi) is 7.75. The summed E-state index contributed by atoms with van der Waals surface area (Å²) in [5.74, 6) is -1.12. The third-order valence-corrected chi connectivity index (χ3v) is 10.5. The van der Waals surface area contributed by atoms with Gasteiger partial charge in [0.15, 0.2) is 18.1 Å². The number of benzene rings is 4. The first-order valence-electron chi connectivity index (χ1n) is 14.4. The second kappa shape index (κ2) is 12.0. The smallest absolute Gasteiger partial charge is 0.305 e. The van der Waals surface area contributed by atoms with Crippen molar-refractivity contribution in [3.05, 3.63) is 105 Å². The zero-order valence-corrected chi connectivity index (χ0v) is 26.3. The Morgan fingerprint density at radius 2 is 1.67 bits per heavy atom. The van der Waals surface area contributed by atoms with Crippen molar-refractivity contribution < 1.29 is 28.6 Å². The van der Waals surface area contributed by atoms with Crippen LogP contribution in [0.15, 0.2) is 94.7 Å². The third kappa shape index (κ3) is 5.19. The van der Waals surface area contributed by atoms with Gasteiger partial charge in [-0.15, -0.1) is 0 Å². The van der Waals surface area contributed by atoms with Crippen LogP contribution in [0.2, 0.25) is 0 Å². The number of methoxy groups -OCH3 is 2. The van der Waals surface area contributed by atoms with E-state index < -0.39 is 17.1 Å². The molecule has 1 aromatic heterocycles. The molecule has 10 nitrogen and oxygen atoms in total. The summed E-state index contributed by atoms with van der Waals surface area (Å²) in [7, 11) is 3.03. The molecule has 1 fully saturated rings. The zero-order chi connectivity index (χ0) is 31.9. The van der Waals surface area contributed by atoms with E-state index in [-0.39, 0.29) is 29.2 Å². The summed E-state index contributed by atoms with van der Waals surface area (Å²) in [5, 5.41) is 4.67. The summed E-state index contributed by atoms with van der Waals surface area (Å²) >= 11 is 2.23. The summed E-state index contributed by atoms with van der Waals surface area (Å²) in [4.78, 5) is 57.5. The molecule has 46 heavy (non-hydrogen) atoms. The third-order valence-electron chi connectivity index (χ3n) is 8.12. The maximum atomic E-state index is 14.0. The Hall–Kier alpha value is -5.07. The summed E-state index contributed by atoms with van der Waals surface area (Å²) in [6, 6.07) is 25.4. The van der Waals surface area contributed by atoms with Gasteiger partial charge in [0.05, 0.1) is 30.9 Å². The second-order valence-electron chi connectivity index (χ2n) is 10.7. The molecule has 12 heteroatoms. The molecule has 2 N–H and O–H groups in total. The number of H-pyrrole nitrogens is 1. The number of aromatic nitrogens is 1. The van der Waals surface area contributed by atoms with E-state index in [9.17, 15) is 19.2 Å². The maximum Gasteiger partial charge on any atom is 0.305 e. The zero-order valence-electron chi connectivity index (χ0n) is 24.6. The van der Waals surface area contributed by atoms with Crippen molar-refractivity contribution in [3.63, 3.8) is 0 Å². The number of hydrogen-bond donors (Lipinski definition) is 2. The van der Waals surface area contributed by atoms with Crippen molar-refractivity contribution in [3.8, 4) is 17.2 Å². The van der Waals surface area contributed by atoms with E-state index in [1.807, 2.05) is 42.5 Å². The van der Waals surface area contributed by atoms with Crippen LogP contribution in [0.3, 0.4) is 0 Å². The minimum Gasteiger partial charge on any atom is -0.497 e. The standard InChI is InChI=1S/C34H27N3O7S2/c1-42-21-13-11-20(12-14-21)37-32(39)28-27(29-31(36-34(41)46-29)45-30(28)33(37)40)19-10-15-24(25(16-19)43-2)44-17-26(38)35-23-9-5-7-18-6-3-4-8-22(18)23/h3-16,27-28,30H,17H2,1-2H3,(H,35,38)(H,36,41). The monoisotopic (exact) mass is 653 g/mol. The van der Waals surface area contributed by atoms with Crippen LogP contribution in [-0.4, -0.2) is 48.8 Å². The van der Waals surface area contributed by atoms with E-state index in [0.717, 1.165) is 22.1 Å². The Morgan fingerprint density at radius 1 is 0.891 bits per heavy atom. The first-order chi connectivity index (χ1) is 22.4. The van der Waals surface area contributed by atoms with Crippen LogP contribution in [0, 0.1) is 5.92 Å². The van der Waals surface area contributed by atoms with Crippen LogP contribution >= 0.6 is 23.1 Å². The van der Waals surface area contributed by atoms with E-state index >= 15 is 0 Å². The van der Waals surface area contributed by atoms with Gasteiger partial charge in [0, 0.05) is 21.9 Å². The van der Waals surface area contributed by atoms with Crippen LogP contribution < -0.4 is 29.3 Å². The molecule has 2 aliphatic rings. The number of thioether (sulfide) groups is 1. The lowest BCUT2D eigenvalue weighted by atomic mass is 9.83. The Balaban J connectivity index is 1.16. The number of thiazole rings is 1. The number of nitrogens with one attached hydrogen (secondary N) is 2. The predicted molar refractivity (Wildman–Crippen MR) is 176 cm³/mol. The molecule has 0 radical (unpaired) electrons. The molecule has 2 aliphatic heterocycles. The van der Waals surface area contributed by atoms with E-state index in [1.54, 1.807) is 49.6 Å². The van der Waals surface area contributed by atoms with Crippen molar-refractivity contribution >= 4 is 63.0 Å². The topological polar surface area (TPSA) is 127 Å². The van der Waals surface area contributed by atoms with Crippen LogP contribution in [0.5, 0.6) is 17.2 Å². The first kappa shape index (κ1) is 29.6. The average molecular weight is 654 g/mol. The molecule has 1 saturated heterocycles. The van der Waals surface area contributed by atoms with Gasteiger partial charge in [-0.05, 0) is 53.4 Å². The van der Waals surface area contributed by atoms with Gasteiger partial charge < -0.3 is 24.5 Å². The highest BCUT2D eigenvalue weighted by Crippen LogP contribution is 2.53. The number of carbonyl (C=O) groups excluding carboxylic acids is 3. The average Bonchev–Trinajstić information content (AvgIpc) is 3.57. The number of amides is 3. The van der Waals surface area contributed by atoms with Crippen molar-refractivity contribution in [1.29, 1.82) is 0 Å². The fraction of sp³-hybridized carbons (Fsp3) is 0.176. The number of aromatic amines is 1. The largest absolute Gasteiger partial charge is 0.497 e. The minimum absolute atomic E-state index is 0.265. The molecule has 3 atom stereocenters. The fourth-order valence-corrected chi connectivity index (χ4v) is 8.54. The van der Waals surface area contributed by atoms with E-state index in [1.165, 1.54) is 23.8 Å². The summed E-state index contributed by atoms with van der Waals surface area (Å²) in [6.45, 7) is -0.267. The van der Waals surface area contributed by atoms with Crippen molar-refractivity contribution in [2.75, 3.05) is 31.0 Å². The van der Waals surface area contributed by atoms with Crippen molar-refractivity contribution in [2.45, 2.75) is 16.2 Å². The van der Waals surface area contributed by atoms with E-state index in [2.05, 4.69) is 10.3 Å². The summed E-state index contributed by atoms with van der Waals surface area (Å²) in [6.07, 6.45) is 0. The number of nitrogens with zero attached hydrogens (tertiary/aromatic N) is 1. The number of ether oxygens (including phenoxy) is 3.